The second-order valence-corrected chi connectivity index (χ2v) is 6.62. The lowest BCUT2D eigenvalue weighted by atomic mass is 9.99. The summed E-state index contributed by atoms with van der Waals surface area (Å²) >= 11 is 1.60. The van der Waals surface area contributed by atoms with E-state index in [1.807, 2.05) is 12.1 Å². The number of hydrogen-bond acceptors (Lipinski definition) is 3. The van der Waals surface area contributed by atoms with Gasteiger partial charge in [0, 0.05) is 15.7 Å². The largest absolute Gasteiger partial charge is 0.394 e. The van der Waals surface area contributed by atoms with Crippen LogP contribution in [0.5, 0.6) is 0 Å². The highest BCUT2D eigenvalue weighted by atomic mass is 32.2. The van der Waals surface area contributed by atoms with E-state index in [9.17, 15) is 9.50 Å². The van der Waals surface area contributed by atoms with Crippen LogP contribution in [0.2, 0.25) is 0 Å². The highest BCUT2D eigenvalue weighted by Crippen LogP contribution is 2.40. The Morgan fingerprint density at radius 3 is 2.95 bits per heavy atom. The monoisotopic (exact) mass is 283 g/mol. The van der Waals surface area contributed by atoms with Crippen molar-refractivity contribution in [3.8, 4) is 0 Å². The van der Waals surface area contributed by atoms with Gasteiger partial charge in [-0.1, -0.05) is 19.1 Å². The molecule has 0 aliphatic heterocycles. The van der Waals surface area contributed by atoms with Gasteiger partial charge in [0.25, 0.3) is 0 Å². The standard InChI is InChI=1S/C15H22FNOS/c1-2-9-17-15(11-18)8-7-12(10-15)19-14-6-4-3-5-13(14)16/h3-6,12,17-18H,2,7-11H2,1H3. The first kappa shape index (κ1) is 14.8. The predicted molar refractivity (Wildman–Crippen MR) is 78.0 cm³/mol. The van der Waals surface area contributed by atoms with E-state index in [1.54, 1.807) is 17.8 Å². The Bertz CT molecular complexity index is 415. The SMILES string of the molecule is CCCNC1(CO)CCC(Sc2ccccc2F)C1. The second kappa shape index (κ2) is 6.73. The van der Waals surface area contributed by atoms with Crippen LogP contribution in [0.15, 0.2) is 29.2 Å². The molecule has 4 heteroatoms. The van der Waals surface area contributed by atoms with Gasteiger partial charge in [0.15, 0.2) is 0 Å². The van der Waals surface area contributed by atoms with Crippen molar-refractivity contribution in [2.24, 2.45) is 0 Å². The molecule has 0 radical (unpaired) electrons. The van der Waals surface area contributed by atoms with E-state index in [4.69, 9.17) is 0 Å². The summed E-state index contributed by atoms with van der Waals surface area (Å²) in [6.45, 7) is 3.22. The van der Waals surface area contributed by atoms with Crippen LogP contribution >= 0.6 is 11.8 Å². The molecule has 2 rings (SSSR count). The molecule has 1 aliphatic rings. The molecule has 1 fully saturated rings. The summed E-state index contributed by atoms with van der Waals surface area (Å²) in [6.07, 6.45) is 3.96. The second-order valence-electron chi connectivity index (χ2n) is 5.28. The summed E-state index contributed by atoms with van der Waals surface area (Å²) in [4.78, 5) is 0.719. The van der Waals surface area contributed by atoms with Crippen LogP contribution in [0.4, 0.5) is 4.39 Å². The Morgan fingerprint density at radius 2 is 2.26 bits per heavy atom. The summed E-state index contributed by atoms with van der Waals surface area (Å²) in [7, 11) is 0. The van der Waals surface area contributed by atoms with Crippen molar-refractivity contribution in [3.63, 3.8) is 0 Å². The lowest BCUT2D eigenvalue weighted by molar-refractivity contribution is 0.165. The van der Waals surface area contributed by atoms with Crippen molar-refractivity contribution < 1.29 is 9.50 Å². The van der Waals surface area contributed by atoms with E-state index in [-0.39, 0.29) is 18.0 Å². The molecule has 0 heterocycles. The van der Waals surface area contributed by atoms with Crippen molar-refractivity contribution >= 4 is 11.8 Å². The number of benzene rings is 1. The van der Waals surface area contributed by atoms with Crippen LogP contribution in [-0.4, -0.2) is 29.0 Å². The Hall–Kier alpha value is -0.580. The lowest BCUT2D eigenvalue weighted by Crippen LogP contribution is -2.46. The van der Waals surface area contributed by atoms with E-state index >= 15 is 0 Å². The third kappa shape index (κ3) is 3.71. The van der Waals surface area contributed by atoms with Crippen molar-refractivity contribution in [1.29, 1.82) is 0 Å². The minimum atomic E-state index is -0.154. The molecule has 0 bridgehead atoms. The average molecular weight is 283 g/mol. The molecule has 2 nitrogen and oxygen atoms in total. The molecule has 0 spiro atoms. The molecule has 19 heavy (non-hydrogen) atoms. The molecule has 0 amide bonds. The van der Waals surface area contributed by atoms with Crippen LogP contribution in [0.25, 0.3) is 0 Å². The number of halogens is 1. The molecule has 0 saturated heterocycles. The minimum absolute atomic E-state index is 0.143. The molecule has 2 N–H and O–H groups in total. The third-order valence-electron chi connectivity index (χ3n) is 3.75. The van der Waals surface area contributed by atoms with Crippen LogP contribution in [0.1, 0.15) is 32.6 Å². The van der Waals surface area contributed by atoms with Gasteiger partial charge in [-0.15, -0.1) is 11.8 Å². The first-order valence-corrected chi connectivity index (χ1v) is 7.84. The van der Waals surface area contributed by atoms with Crippen LogP contribution in [0.3, 0.4) is 0 Å². The van der Waals surface area contributed by atoms with Crippen LogP contribution < -0.4 is 5.32 Å². The maximum absolute atomic E-state index is 13.6. The summed E-state index contributed by atoms with van der Waals surface area (Å²) in [5, 5.41) is 13.5. The van der Waals surface area contributed by atoms with Gasteiger partial charge in [0.1, 0.15) is 5.82 Å². The fraction of sp³-hybridized carbons (Fsp3) is 0.600. The molecule has 2 unspecified atom stereocenters. The van der Waals surface area contributed by atoms with Gasteiger partial charge in [0.05, 0.1) is 6.61 Å². The zero-order chi connectivity index (χ0) is 13.7. The lowest BCUT2D eigenvalue weighted by Gasteiger charge is -2.28. The number of nitrogens with one attached hydrogen (secondary N) is 1. The highest BCUT2D eigenvalue weighted by Gasteiger charge is 2.38. The molecule has 1 aliphatic carbocycles. The van der Waals surface area contributed by atoms with E-state index < -0.39 is 0 Å². The zero-order valence-corrected chi connectivity index (χ0v) is 12.2. The Morgan fingerprint density at radius 1 is 1.47 bits per heavy atom. The molecule has 1 saturated carbocycles. The van der Waals surface area contributed by atoms with Gasteiger partial charge in [-0.05, 0) is 44.4 Å². The molecule has 0 aromatic heterocycles. The number of thioether (sulfide) groups is 1. The Balaban J connectivity index is 1.96. The van der Waals surface area contributed by atoms with Gasteiger partial charge < -0.3 is 10.4 Å². The van der Waals surface area contributed by atoms with Gasteiger partial charge in [-0.2, -0.15) is 0 Å². The molecule has 1 aromatic rings. The minimum Gasteiger partial charge on any atom is -0.394 e. The van der Waals surface area contributed by atoms with Gasteiger partial charge in [-0.3, -0.25) is 0 Å². The number of hydrogen-bond donors (Lipinski definition) is 2. The van der Waals surface area contributed by atoms with Gasteiger partial charge in [0.2, 0.25) is 0 Å². The van der Waals surface area contributed by atoms with Gasteiger partial charge >= 0.3 is 0 Å². The maximum Gasteiger partial charge on any atom is 0.136 e. The Labute approximate surface area is 118 Å². The van der Waals surface area contributed by atoms with E-state index in [2.05, 4.69) is 12.2 Å². The van der Waals surface area contributed by atoms with Crippen molar-refractivity contribution in [1.82, 2.24) is 5.32 Å². The van der Waals surface area contributed by atoms with Crippen LogP contribution in [-0.2, 0) is 0 Å². The van der Waals surface area contributed by atoms with E-state index in [1.165, 1.54) is 6.07 Å². The van der Waals surface area contributed by atoms with E-state index in [0.29, 0.717) is 5.25 Å². The quantitative estimate of drug-likeness (QED) is 0.841. The smallest absolute Gasteiger partial charge is 0.136 e. The Kier molecular flexibility index (Phi) is 5.25. The average Bonchev–Trinajstić information content (AvgIpc) is 2.83. The zero-order valence-electron chi connectivity index (χ0n) is 11.4. The number of rotatable bonds is 6. The molecule has 2 atom stereocenters. The van der Waals surface area contributed by atoms with Crippen molar-refractivity contribution in [2.45, 2.75) is 48.3 Å². The first-order valence-electron chi connectivity index (χ1n) is 6.96. The predicted octanol–water partition coefficient (Wildman–Crippen LogP) is 3.20. The highest BCUT2D eigenvalue weighted by molar-refractivity contribution is 8.00. The summed E-state index contributed by atoms with van der Waals surface area (Å²) in [6, 6.07) is 6.92. The number of aliphatic hydroxyl groups is 1. The number of aliphatic hydroxyl groups excluding tert-OH is 1. The van der Waals surface area contributed by atoms with Crippen molar-refractivity contribution in [2.75, 3.05) is 13.2 Å². The fourth-order valence-corrected chi connectivity index (χ4v) is 3.98. The third-order valence-corrected chi connectivity index (χ3v) is 5.07. The summed E-state index contributed by atoms with van der Waals surface area (Å²) in [5.41, 5.74) is -0.154. The normalized spacial score (nSPS) is 26.8. The first-order chi connectivity index (χ1) is 9.19. The van der Waals surface area contributed by atoms with Crippen molar-refractivity contribution in [3.05, 3.63) is 30.1 Å². The summed E-state index contributed by atoms with van der Waals surface area (Å²) in [5.74, 6) is -0.143. The molecular weight excluding hydrogens is 261 g/mol. The topological polar surface area (TPSA) is 32.3 Å². The van der Waals surface area contributed by atoms with E-state index in [0.717, 1.165) is 37.1 Å². The fourth-order valence-electron chi connectivity index (χ4n) is 2.65. The molecular formula is C15H22FNOS. The summed E-state index contributed by atoms with van der Waals surface area (Å²) < 4.78 is 13.6. The molecule has 1 aromatic carbocycles. The molecule has 106 valence electrons. The maximum atomic E-state index is 13.6. The van der Waals surface area contributed by atoms with Gasteiger partial charge in [-0.25, -0.2) is 4.39 Å². The van der Waals surface area contributed by atoms with Crippen LogP contribution in [0, 0.1) is 5.82 Å².